The minimum absolute atomic E-state index is 0.0892. The summed E-state index contributed by atoms with van der Waals surface area (Å²) >= 11 is 3.06. The molecule has 0 saturated heterocycles. The van der Waals surface area contributed by atoms with Crippen LogP contribution in [0.5, 0.6) is 0 Å². The summed E-state index contributed by atoms with van der Waals surface area (Å²) in [6, 6.07) is 15.9. The minimum Gasteiger partial charge on any atom is -0.453 e. The maximum absolute atomic E-state index is 13.6. The Kier molecular flexibility index (Phi) is 9.66. The van der Waals surface area contributed by atoms with Crippen LogP contribution in [0.4, 0.5) is 4.79 Å². The lowest BCUT2D eigenvalue weighted by Gasteiger charge is -2.23. The Morgan fingerprint density at radius 2 is 1.68 bits per heavy atom. The van der Waals surface area contributed by atoms with E-state index in [-0.39, 0.29) is 11.3 Å². The Hall–Kier alpha value is -3.62. The van der Waals surface area contributed by atoms with Gasteiger partial charge in [0.1, 0.15) is 11.0 Å². The minimum atomic E-state index is -4.05. The molecule has 4 N–H and O–H groups in total. The van der Waals surface area contributed by atoms with Gasteiger partial charge in [-0.1, -0.05) is 42.5 Å². The van der Waals surface area contributed by atoms with Crippen molar-refractivity contribution in [2.75, 3.05) is 7.11 Å². The highest BCUT2D eigenvalue weighted by Gasteiger charge is 2.27. The molecular formula is C27H28N4O6S3. The molecule has 2 atom stereocenters. The van der Waals surface area contributed by atoms with Crippen LogP contribution < -0.4 is 16.5 Å². The third-order valence-electron chi connectivity index (χ3n) is 6.11. The molecule has 0 spiro atoms. The highest BCUT2D eigenvalue weighted by Crippen LogP contribution is 2.33. The Labute approximate surface area is 240 Å². The van der Waals surface area contributed by atoms with E-state index in [1.165, 1.54) is 30.6 Å². The molecule has 0 radical (unpaired) electrons. The van der Waals surface area contributed by atoms with Gasteiger partial charge >= 0.3 is 16.2 Å². The molecule has 4 aromatic rings. The highest BCUT2D eigenvalue weighted by atomic mass is 32.2. The lowest BCUT2D eigenvalue weighted by molar-refractivity contribution is -0.123. The number of amides is 2. The number of aryl methyl sites for hydroxylation is 1. The first-order chi connectivity index (χ1) is 19.2. The van der Waals surface area contributed by atoms with Crippen LogP contribution in [-0.4, -0.2) is 38.6 Å². The van der Waals surface area contributed by atoms with E-state index in [1.54, 1.807) is 23.5 Å². The molecule has 0 fully saturated rings. The zero-order chi connectivity index (χ0) is 28.7. The van der Waals surface area contributed by atoms with Crippen molar-refractivity contribution >= 4 is 44.8 Å². The Morgan fingerprint density at radius 3 is 2.30 bits per heavy atom. The number of nitrogens with two attached hydrogens (primary N) is 1. The molecule has 40 heavy (non-hydrogen) atoms. The summed E-state index contributed by atoms with van der Waals surface area (Å²) in [5.74, 6) is 4.47. The molecule has 0 aliphatic carbocycles. The predicted molar refractivity (Wildman–Crippen MR) is 153 cm³/mol. The van der Waals surface area contributed by atoms with E-state index >= 15 is 0 Å². The van der Waals surface area contributed by atoms with Gasteiger partial charge in [-0.25, -0.2) is 9.78 Å². The number of rotatable bonds is 11. The third-order valence-corrected chi connectivity index (χ3v) is 9.24. The number of carbonyl (C=O) groups is 2. The van der Waals surface area contributed by atoms with Gasteiger partial charge in [0.05, 0.1) is 28.6 Å². The van der Waals surface area contributed by atoms with Crippen molar-refractivity contribution in [2.24, 2.45) is 5.90 Å². The molecule has 2 heterocycles. The molecule has 0 unspecified atom stereocenters. The topological polar surface area (TPSA) is 150 Å². The molecule has 0 aliphatic heterocycles. The first-order valence-electron chi connectivity index (χ1n) is 12.1. The second-order valence-corrected chi connectivity index (χ2v) is 12.2. The number of hydrogen-bond donors (Lipinski definition) is 3. The number of hydrogen-bond acceptors (Lipinski definition) is 10. The van der Waals surface area contributed by atoms with Crippen molar-refractivity contribution in [1.82, 2.24) is 15.6 Å². The summed E-state index contributed by atoms with van der Waals surface area (Å²) in [4.78, 5) is 31.4. The van der Waals surface area contributed by atoms with Crippen LogP contribution in [-0.2, 0) is 36.8 Å². The summed E-state index contributed by atoms with van der Waals surface area (Å²) in [6.07, 6.45) is -0.175. The zero-order valence-electron chi connectivity index (χ0n) is 21.7. The quantitative estimate of drug-likeness (QED) is 0.218. The highest BCUT2D eigenvalue weighted by molar-refractivity contribution is 7.86. The number of alkyl carbamates (subject to hydrolysis) is 1. The monoisotopic (exact) mass is 600 g/mol. The molecule has 0 aliphatic rings. The lowest BCUT2D eigenvalue weighted by atomic mass is 10.0. The van der Waals surface area contributed by atoms with E-state index in [2.05, 4.69) is 14.9 Å². The number of nitrogens with zero attached hydrogens (tertiary/aromatic N) is 1. The molecule has 2 aromatic carbocycles. The Balaban J connectivity index is 1.63. The summed E-state index contributed by atoms with van der Waals surface area (Å²) in [5.41, 5.74) is 3.34. The number of ether oxygens (including phenoxy) is 1. The van der Waals surface area contributed by atoms with Crippen LogP contribution in [0.25, 0.3) is 9.88 Å². The first kappa shape index (κ1) is 29.4. The maximum atomic E-state index is 13.6. The molecule has 0 saturated carbocycles. The van der Waals surface area contributed by atoms with Crippen molar-refractivity contribution in [1.29, 1.82) is 0 Å². The number of thiazole rings is 1. The summed E-state index contributed by atoms with van der Waals surface area (Å²) in [7, 11) is -2.81. The van der Waals surface area contributed by atoms with Crippen molar-refractivity contribution in [3.63, 3.8) is 0 Å². The number of aromatic nitrogens is 1. The maximum Gasteiger partial charge on any atom is 0.407 e. The first-order valence-corrected chi connectivity index (χ1v) is 15.3. The van der Waals surface area contributed by atoms with Crippen LogP contribution in [0.15, 0.2) is 76.3 Å². The van der Waals surface area contributed by atoms with E-state index < -0.39 is 34.2 Å². The number of nitrogens with one attached hydrogen (secondary N) is 2. The van der Waals surface area contributed by atoms with Gasteiger partial charge in [-0.2, -0.15) is 18.6 Å². The molecule has 210 valence electrons. The largest absolute Gasteiger partial charge is 0.453 e. The predicted octanol–water partition coefficient (Wildman–Crippen LogP) is 4.13. The van der Waals surface area contributed by atoms with Gasteiger partial charge in [0.15, 0.2) is 0 Å². The van der Waals surface area contributed by atoms with Crippen molar-refractivity contribution in [3.05, 3.63) is 93.8 Å². The second kappa shape index (κ2) is 13.2. The van der Waals surface area contributed by atoms with Crippen LogP contribution in [0, 0.1) is 6.92 Å². The fourth-order valence-corrected chi connectivity index (χ4v) is 6.54. The fourth-order valence-electron chi connectivity index (χ4n) is 3.99. The van der Waals surface area contributed by atoms with Gasteiger partial charge in [-0.15, -0.1) is 22.7 Å². The fraction of sp³-hybridized carbons (Fsp3) is 0.222. The van der Waals surface area contributed by atoms with Gasteiger partial charge in [0, 0.05) is 11.8 Å². The van der Waals surface area contributed by atoms with E-state index in [0.717, 1.165) is 26.6 Å². The average Bonchev–Trinajstić information content (AvgIpc) is 3.62. The third kappa shape index (κ3) is 7.31. The zero-order valence-corrected chi connectivity index (χ0v) is 24.1. The van der Waals surface area contributed by atoms with Crippen molar-refractivity contribution < 1.29 is 27.0 Å². The lowest BCUT2D eigenvalue weighted by Crippen LogP contribution is -2.49. The number of thiophene rings is 1. The van der Waals surface area contributed by atoms with Crippen LogP contribution in [0.3, 0.4) is 0 Å². The molecule has 10 nitrogen and oxygen atoms in total. The van der Waals surface area contributed by atoms with Crippen molar-refractivity contribution in [2.45, 2.75) is 36.7 Å². The van der Waals surface area contributed by atoms with Crippen LogP contribution in [0.1, 0.15) is 28.4 Å². The number of carbonyl (C=O) groups excluding carboxylic acids is 2. The molecule has 2 aromatic heterocycles. The van der Waals surface area contributed by atoms with Gasteiger partial charge in [-0.05, 0) is 53.6 Å². The average molecular weight is 601 g/mol. The molecule has 4 rings (SSSR count). The van der Waals surface area contributed by atoms with Gasteiger partial charge in [-0.3, -0.25) is 4.79 Å². The normalized spacial score (nSPS) is 12.9. The van der Waals surface area contributed by atoms with Crippen LogP contribution >= 0.6 is 22.7 Å². The van der Waals surface area contributed by atoms with E-state index in [9.17, 15) is 18.0 Å². The van der Waals surface area contributed by atoms with Crippen molar-refractivity contribution in [3.8, 4) is 9.88 Å². The van der Waals surface area contributed by atoms with Gasteiger partial charge in [0.2, 0.25) is 5.91 Å². The molecular weight excluding hydrogens is 573 g/mol. The second-order valence-electron chi connectivity index (χ2n) is 8.85. The smallest absolute Gasteiger partial charge is 0.407 e. The van der Waals surface area contributed by atoms with E-state index in [4.69, 9.17) is 15.6 Å². The molecule has 13 heteroatoms. The van der Waals surface area contributed by atoms with Gasteiger partial charge in [0.25, 0.3) is 0 Å². The standard InChI is InChI=1S/C27H28N4O6S3/c1-17-12-13-38-24(17)26-30-23(16-39-26)21(14-19-8-10-20(11-9-19)40(34,35)37-28)29-25(32)22(31-27(33)36-2)15-18-6-4-3-5-7-18/h3-13,16,21-22H,14-15,28H2,1-2H3,(H,29,32)(H,31,33)/t21-,22-/m0/s1. The SMILES string of the molecule is COC(=O)N[C@@H](Cc1ccccc1)C(=O)N[C@@H](Cc1ccc(S(=O)(=O)ON)cc1)c1csc(-c2sccc2C)n1. The molecule has 2 amide bonds. The number of methoxy groups -OCH3 is 1. The summed E-state index contributed by atoms with van der Waals surface area (Å²) in [6.45, 7) is 2.01. The summed E-state index contributed by atoms with van der Waals surface area (Å²) < 4.78 is 32.7. The Morgan fingerprint density at radius 1 is 0.975 bits per heavy atom. The van der Waals surface area contributed by atoms with E-state index in [0.29, 0.717) is 12.1 Å². The molecule has 0 bridgehead atoms. The summed E-state index contributed by atoms with van der Waals surface area (Å²) in [5, 5.41) is 10.4. The van der Waals surface area contributed by atoms with Crippen LogP contribution in [0.2, 0.25) is 0 Å². The van der Waals surface area contributed by atoms with E-state index in [1.807, 2.05) is 54.1 Å². The Bertz CT molecular complexity index is 1550. The van der Waals surface area contributed by atoms with Gasteiger partial charge < -0.3 is 15.4 Å². The number of benzene rings is 2.